The summed E-state index contributed by atoms with van der Waals surface area (Å²) in [5.41, 5.74) is 1.91. The molecule has 0 aliphatic carbocycles. The lowest BCUT2D eigenvalue weighted by molar-refractivity contribution is 0.251. The van der Waals surface area contributed by atoms with Crippen molar-refractivity contribution in [3.63, 3.8) is 0 Å². The Labute approximate surface area is 103 Å². The fourth-order valence-electron chi connectivity index (χ4n) is 1.24. The SMILES string of the molecule is Cc1csc(NC(=O)NCc2ccncc2)n1. The molecule has 0 spiro atoms. The predicted molar refractivity (Wildman–Crippen MR) is 66.9 cm³/mol. The van der Waals surface area contributed by atoms with Crippen molar-refractivity contribution in [1.82, 2.24) is 15.3 Å². The van der Waals surface area contributed by atoms with Gasteiger partial charge in [-0.05, 0) is 24.6 Å². The highest BCUT2D eigenvalue weighted by molar-refractivity contribution is 7.13. The quantitative estimate of drug-likeness (QED) is 0.874. The first-order chi connectivity index (χ1) is 8.24. The monoisotopic (exact) mass is 248 g/mol. The molecule has 0 bridgehead atoms. The molecule has 0 saturated heterocycles. The second-order valence-corrected chi connectivity index (χ2v) is 4.32. The van der Waals surface area contributed by atoms with Crippen molar-refractivity contribution < 1.29 is 4.79 Å². The Bertz CT molecular complexity index is 497. The van der Waals surface area contributed by atoms with Gasteiger partial charge in [0.2, 0.25) is 0 Å². The molecule has 2 amide bonds. The van der Waals surface area contributed by atoms with Gasteiger partial charge in [0.25, 0.3) is 0 Å². The number of pyridine rings is 1. The molecule has 0 radical (unpaired) electrons. The van der Waals surface area contributed by atoms with E-state index >= 15 is 0 Å². The predicted octanol–water partition coefficient (Wildman–Crippen LogP) is 2.17. The second kappa shape index (κ2) is 5.40. The zero-order chi connectivity index (χ0) is 12.1. The number of thiazole rings is 1. The van der Waals surface area contributed by atoms with E-state index in [1.807, 2.05) is 24.4 Å². The maximum atomic E-state index is 11.5. The van der Waals surface area contributed by atoms with Crippen LogP contribution in [-0.4, -0.2) is 16.0 Å². The van der Waals surface area contributed by atoms with Gasteiger partial charge in [-0.25, -0.2) is 9.78 Å². The molecule has 0 unspecified atom stereocenters. The Balaban J connectivity index is 1.82. The van der Waals surface area contributed by atoms with Gasteiger partial charge >= 0.3 is 6.03 Å². The summed E-state index contributed by atoms with van der Waals surface area (Å²) in [6.07, 6.45) is 3.39. The minimum Gasteiger partial charge on any atom is -0.334 e. The highest BCUT2D eigenvalue weighted by Crippen LogP contribution is 2.13. The number of hydrogen-bond acceptors (Lipinski definition) is 4. The van der Waals surface area contributed by atoms with Crippen LogP contribution in [0.5, 0.6) is 0 Å². The maximum Gasteiger partial charge on any atom is 0.321 e. The number of hydrogen-bond donors (Lipinski definition) is 2. The summed E-state index contributed by atoms with van der Waals surface area (Å²) in [5.74, 6) is 0. The topological polar surface area (TPSA) is 66.9 Å². The molecule has 0 aromatic carbocycles. The maximum absolute atomic E-state index is 11.5. The first kappa shape index (κ1) is 11.5. The number of carbonyl (C=O) groups is 1. The first-order valence-electron chi connectivity index (χ1n) is 5.10. The van der Waals surface area contributed by atoms with Crippen LogP contribution in [0.2, 0.25) is 0 Å². The van der Waals surface area contributed by atoms with E-state index < -0.39 is 0 Å². The van der Waals surface area contributed by atoms with E-state index in [0.29, 0.717) is 11.7 Å². The third kappa shape index (κ3) is 3.53. The van der Waals surface area contributed by atoms with Crippen LogP contribution in [0.3, 0.4) is 0 Å². The van der Waals surface area contributed by atoms with Gasteiger partial charge in [0.1, 0.15) is 0 Å². The van der Waals surface area contributed by atoms with Gasteiger partial charge in [-0.1, -0.05) is 0 Å². The summed E-state index contributed by atoms with van der Waals surface area (Å²) >= 11 is 1.41. The van der Waals surface area contributed by atoms with E-state index in [1.54, 1.807) is 12.4 Å². The zero-order valence-corrected chi connectivity index (χ0v) is 10.1. The molecule has 2 aromatic rings. The molecule has 88 valence electrons. The number of urea groups is 1. The van der Waals surface area contributed by atoms with Crippen LogP contribution in [0.1, 0.15) is 11.3 Å². The summed E-state index contributed by atoms with van der Waals surface area (Å²) in [6.45, 7) is 2.36. The molecular weight excluding hydrogens is 236 g/mol. The molecular formula is C11H12N4OS. The van der Waals surface area contributed by atoms with Gasteiger partial charge in [0, 0.05) is 24.3 Å². The number of amides is 2. The van der Waals surface area contributed by atoms with E-state index in [9.17, 15) is 4.79 Å². The number of nitrogens with zero attached hydrogens (tertiary/aromatic N) is 2. The van der Waals surface area contributed by atoms with Crippen molar-refractivity contribution in [2.24, 2.45) is 0 Å². The van der Waals surface area contributed by atoms with Gasteiger partial charge in [-0.3, -0.25) is 10.3 Å². The fourth-order valence-corrected chi connectivity index (χ4v) is 1.92. The molecule has 17 heavy (non-hydrogen) atoms. The van der Waals surface area contributed by atoms with Crippen molar-refractivity contribution in [3.05, 3.63) is 41.2 Å². The molecule has 0 atom stereocenters. The largest absolute Gasteiger partial charge is 0.334 e. The number of anilines is 1. The normalized spacial score (nSPS) is 9.94. The summed E-state index contributed by atoms with van der Waals surface area (Å²) in [7, 11) is 0. The van der Waals surface area contributed by atoms with E-state index in [0.717, 1.165) is 11.3 Å². The van der Waals surface area contributed by atoms with Gasteiger partial charge in [-0.2, -0.15) is 0 Å². The summed E-state index contributed by atoms with van der Waals surface area (Å²) in [6, 6.07) is 3.46. The van der Waals surface area contributed by atoms with Crippen LogP contribution in [-0.2, 0) is 6.54 Å². The number of aryl methyl sites for hydroxylation is 1. The number of aromatic nitrogens is 2. The molecule has 5 nitrogen and oxygen atoms in total. The van der Waals surface area contributed by atoms with Crippen LogP contribution >= 0.6 is 11.3 Å². The lowest BCUT2D eigenvalue weighted by Gasteiger charge is -2.04. The number of rotatable bonds is 3. The highest BCUT2D eigenvalue weighted by atomic mass is 32.1. The smallest absolute Gasteiger partial charge is 0.321 e. The third-order valence-corrected chi connectivity index (χ3v) is 2.92. The Kier molecular flexibility index (Phi) is 3.66. The van der Waals surface area contributed by atoms with E-state index in [-0.39, 0.29) is 6.03 Å². The average molecular weight is 248 g/mol. The number of carbonyl (C=O) groups excluding carboxylic acids is 1. The van der Waals surface area contributed by atoms with Crippen LogP contribution in [0.15, 0.2) is 29.9 Å². The third-order valence-electron chi connectivity index (χ3n) is 2.04. The van der Waals surface area contributed by atoms with E-state index in [1.165, 1.54) is 11.3 Å². The lowest BCUT2D eigenvalue weighted by Crippen LogP contribution is -2.28. The lowest BCUT2D eigenvalue weighted by atomic mass is 10.3. The van der Waals surface area contributed by atoms with Crippen LogP contribution < -0.4 is 10.6 Å². The molecule has 0 aliphatic heterocycles. The average Bonchev–Trinajstić information content (AvgIpc) is 2.73. The van der Waals surface area contributed by atoms with Gasteiger partial charge in [-0.15, -0.1) is 11.3 Å². The highest BCUT2D eigenvalue weighted by Gasteiger charge is 2.04. The Morgan fingerprint density at radius 2 is 2.18 bits per heavy atom. The summed E-state index contributed by atoms with van der Waals surface area (Å²) in [4.78, 5) is 19.6. The van der Waals surface area contributed by atoms with Crippen molar-refractivity contribution in [3.8, 4) is 0 Å². The second-order valence-electron chi connectivity index (χ2n) is 3.46. The molecule has 0 aliphatic rings. The van der Waals surface area contributed by atoms with Gasteiger partial charge < -0.3 is 5.32 Å². The molecule has 0 saturated carbocycles. The Morgan fingerprint density at radius 3 is 2.82 bits per heavy atom. The fraction of sp³-hybridized carbons (Fsp3) is 0.182. The number of nitrogens with one attached hydrogen (secondary N) is 2. The minimum atomic E-state index is -0.254. The molecule has 2 aromatic heterocycles. The molecule has 0 fully saturated rings. The van der Waals surface area contributed by atoms with Crippen molar-refractivity contribution in [1.29, 1.82) is 0 Å². The van der Waals surface area contributed by atoms with Crippen LogP contribution in [0.25, 0.3) is 0 Å². The molecule has 2 heterocycles. The van der Waals surface area contributed by atoms with Crippen LogP contribution in [0.4, 0.5) is 9.93 Å². The van der Waals surface area contributed by atoms with Crippen LogP contribution in [0, 0.1) is 6.92 Å². The van der Waals surface area contributed by atoms with Crippen molar-refractivity contribution in [2.75, 3.05) is 5.32 Å². The minimum absolute atomic E-state index is 0.254. The van der Waals surface area contributed by atoms with Gasteiger partial charge in [0.15, 0.2) is 5.13 Å². The van der Waals surface area contributed by atoms with E-state index in [2.05, 4.69) is 20.6 Å². The Morgan fingerprint density at radius 1 is 1.41 bits per heavy atom. The van der Waals surface area contributed by atoms with Crippen molar-refractivity contribution in [2.45, 2.75) is 13.5 Å². The molecule has 2 N–H and O–H groups in total. The molecule has 2 rings (SSSR count). The standard InChI is InChI=1S/C11H12N4OS/c1-8-7-17-11(14-8)15-10(16)13-6-9-2-4-12-5-3-9/h2-5,7H,6H2,1H3,(H2,13,14,15,16). The summed E-state index contributed by atoms with van der Waals surface area (Å²) in [5, 5.41) is 7.91. The first-order valence-corrected chi connectivity index (χ1v) is 5.98. The van der Waals surface area contributed by atoms with E-state index in [4.69, 9.17) is 0 Å². The molecule has 6 heteroatoms. The van der Waals surface area contributed by atoms with Gasteiger partial charge in [0.05, 0.1) is 5.69 Å². The zero-order valence-electron chi connectivity index (χ0n) is 9.30. The van der Waals surface area contributed by atoms with Crippen molar-refractivity contribution >= 4 is 22.5 Å². The Hall–Kier alpha value is -1.95. The summed E-state index contributed by atoms with van der Waals surface area (Å²) < 4.78 is 0.